The van der Waals surface area contributed by atoms with E-state index in [1.54, 1.807) is 12.1 Å². The van der Waals surface area contributed by atoms with Gasteiger partial charge in [-0.25, -0.2) is 21.6 Å². The molecule has 0 saturated carbocycles. The summed E-state index contributed by atoms with van der Waals surface area (Å²) < 4.78 is 54.3. The number of hydrogen-bond acceptors (Lipinski definition) is 8. The number of carboxylic acids is 1. The predicted molar refractivity (Wildman–Crippen MR) is 173 cm³/mol. The first kappa shape index (κ1) is 34.3. The molecule has 12 heteroatoms. The number of nitrogens with zero attached hydrogens (tertiary/aromatic N) is 1. The van der Waals surface area contributed by atoms with Crippen molar-refractivity contribution in [2.24, 2.45) is 0 Å². The number of ether oxygens (including phenoxy) is 1. The Morgan fingerprint density at radius 2 is 1.64 bits per heavy atom. The summed E-state index contributed by atoms with van der Waals surface area (Å²) in [5.74, 6) is -2.34. The van der Waals surface area contributed by atoms with Gasteiger partial charge in [-0.15, -0.1) is 0 Å². The maximum Gasteiger partial charge on any atom is 0.326 e. The van der Waals surface area contributed by atoms with E-state index in [0.717, 1.165) is 28.5 Å². The molecule has 3 atom stereocenters. The van der Waals surface area contributed by atoms with Gasteiger partial charge in [0.1, 0.15) is 15.9 Å². The van der Waals surface area contributed by atoms with Crippen LogP contribution in [0.1, 0.15) is 39.9 Å². The van der Waals surface area contributed by atoms with Crippen LogP contribution in [-0.2, 0) is 42.4 Å². The second kappa shape index (κ2) is 14.7. The SMILES string of the molecule is Cc1ccccc1-c1cc(CN2C[C@@H](S(C)(=O)=O)C[C@H]2COCc2ccccc2)ccc1C(=O)N[C@@H](CCS(C)(=O)=O)C(=O)O. The van der Waals surface area contributed by atoms with E-state index in [1.165, 1.54) is 6.26 Å². The number of rotatable bonds is 14. The molecule has 3 aromatic carbocycles. The molecule has 0 unspecified atom stereocenters. The second-order valence-corrected chi connectivity index (χ2v) is 16.3. The fourth-order valence-corrected chi connectivity index (χ4v) is 7.25. The van der Waals surface area contributed by atoms with Gasteiger partial charge in [0.2, 0.25) is 0 Å². The standard InChI is InChI=1S/C33H40N2O8S2/c1-23-9-7-8-12-28(23)30-17-25(13-14-29(30)32(36)34-31(33(37)38)15-16-44(2,39)40)19-35-20-27(45(3,41)42)18-26(35)22-43-21-24-10-5-4-6-11-24/h4-14,17,26-27,31H,15-16,18-22H2,1-3H3,(H,34,36)(H,37,38)/t26-,27-,31-/m0/s1. The quantitative estimate of drug-likeness (QED) is 0.266. The lowest BCUT2D eigenvalue weighted by Gasteiger charge is -2.25. The Kier molecular flexibility index (Phi) is 11.2. The number of carbonyl (C=O) groups is 2. The highest BCUT2D eigenvalue weighted by atomic mass is 32.2. The molecule has 0 radical (unpaired) electrons. The third kappa shape index (κ3) is 9.70. The number of hydrogen-bond donors (Lipinski definition) is 2. The summed E-state index contributed by atoms with van der Waals surface area (Å²) in [5.41, 5.74) is 4.40. The number of likely N-dealkylation sites (tertiary alicyclic amines) is 1. The van der Waals surface area contributed by atoms with Crippen molar-refractivity contribution >= 4 is 31.6 Å². The molecule has 2 N–H and O–H groups in total. The molecule has 0 aliphatic carbocycles. The molecule has 45 heavy (non-hydrogen) atoms. The zero-order valence-corrected chi connectivity index (χ0v) is 27.3. The van der Waals surface area contributed by atoms with Crippen molar-refractivity contribution in [3.8, 4) is 11.1 Å². The Balaban J connectivity index is 1.60. The van der Waals surface area contributed by atoms with Crippen LogP contribution in [0.5, 0.6) is 0 Å². The molecular weight excluding hydrogens is 617 g/mol. The van der Waals surface area contributed by atoms with Gasteiger partial charge in [0.25, 0.3) is 5.91 Å². The fourth-order valence-electron chi connectivity index (χ4n) is 5.55. The third-order valence-electron chi connectivity index (χ3n) is 8.05. The number of nitrogens with one attached hydrogen (secondary N) is 1. The number of carboxylic acid groups (broad SMARTS) is 1. The first-order chi connectivity index (χ1) is 21.2. The summed E-state index contributed by atoms with van der Waals surface area (Å²) in [6.07, 6.45) is 2.46. The Labute approximate surface area is 265 Å². The van der Waals surface area contributed by atoms with Crippen molar-refractivity contribution < 1.29 is 36.3 Å². The molecule has 10 nitrogen and oxygen atoms in total. The molecule has 1 heterocycles. The molecular formula is C33H40N2O8S2. The maximum atomic E-state index is 13.5. The summed E-state index contributed by atoms with van der Waals surface area (Å²) in [4.78, 5) is 27.4. The van der Waals surface area contributed by atoms with Crippen LogP contribution in [0, 0.1) is 6.92 Å². The van der Waals surface area contributed by atoms with Gasteiger partial charge in [0.05, 0.1) is 24.2 Å². The highest BCUT2D eigenvalue weighted by molar-refractivity contribution is 7.91. The Morgan fingerprint density at radius 1 is 0.956 bits per heavy atom. The average molecular weight is 657 g/mol. The van der Waals surface area contributed by atoms with Gasteiger partial charge in [-0.2, -0.15) is 0 Å². The van der Waals surface area contributed by atoms with E-state index in [9.17, 15) is 31.5 Å². The number of benzene rings is 3. The molecule has 0 aromatic heterocycles. The second-order valence-electron chi connectivity index (χ2n) is 11.7. The maximum absolute atomic E-state index is 13.5. The molecule has 0 spiro atoms. The lowest BCUT2D eigenvalue weighted by molar-refractivity contribution is -0.139. The van der Waals surface area contributed by atoms with E-state index in [-0.39, 0.29) is 23.8 Å². The van der Waals surface area contributed by atoms with Crippen LogP contribution < -0.4 is 5.32 Å². The largest absolute Gasteiger partial charge is 0.480 e. The van der Waals surface area contributed by atoms with Crippen molar-refractivity contribution in [1.29, 1.82) is 0 Å². The summed E-state index contributed by atoms with van der Waals surface area (Å²) in [6, 6.07) is 21.0. The number of carbonyl (C=O) groups excluding carboxylic acids is 1. The first-order valence-electron chi connectivity index (χ1n) is 14.7. The van der Waals surface area contributed by atoms with E-state index in [1.807, 2.05) is 67.6 Å². The molecule has 1 aliphatic heterocycles. The van der Waals surface area contributed by atoms with Gasteiger partial charge in [-0.3, -0.25) is 9.69 Å². The van der Waals surface area contributed by atoms with E-state index in [2.05, 4.69) is 10.2 Å². The number of sulfone groups is 2. The van der Waals surface area contributed by atoms with Crippen molar-refractivity contribution in [3.05, 3.63) is 95.1 Å². The average Bonchev–Trinajstić information content (AvgIpc) is 3.38. The van der Waals surface area contributed by atoms with E-state index < -0.39 is 42.8 Å². The highest BCUT2D eigenvalue weighted by Crippen LogP contribution is 2.31. The van der Waals surface area contributed by atoms with Gasteiger partial charge in [-0.1, -0.05) is 60.7 Å². The van der Waals surface area contributed by atoms with Gasteiger partial charge >= 0.3 is 5.97 Å². The predicted octanol–water partition coefficient (Wildman–Crippen LogP) is 3.48. The van der Waals surface area contributed by atoms with Crippen LogP contribution in [-0.4, -0.2) is 87.5 Å². The molecule has 0 bridgehead atoms. The van der Waals surface area contributed by atoms with Crippen LogP contribution in [0.15, 0.2) is 72.8 Å². The lowest BCUT2D eigenvalue weighted by Crippen LogP contribution is -2.42. The van der Waals surface area contributed by atoms with Crippen LogP contribution in [0.3, 0.4) is 0 Å². The van der Waals surface area contributed by atoms with E-state index >= 15 is 0 Å². The van der Waals surface area contributed by atoms with Crippen LogP contribution >= 0.6 is 0 Å². The van der Waals surface area contributed by atoms with E-state index in [4.69, 9.17) is 4.74 Å². The van der Waals surface area contributed by atoms with Gasteiger partial charge in [-0.05, 0) is 59.7 Å². The summed E-state index contributed by atoms with van der Waals surface area (Å²) >= 11 is 0. The van der Waals surface area contributed by atoms with Crippen molar-refractivity contribution in [1.82, 2.24) is 10.2 Å². The molecule has 1 fully saturated rings. The number of aliphatic carboxylic acids is 1. The lowest BCUT2D eigenvalue weighted by atomic mass is 9.93. The Morgan fingerprint density at radius 3 is 2.29 bits per heavy atom. The topological polar surface area (TPSA) is 147 Å². The summed E-state index contributed by atoms with van der Waals surface area (Å²) in [5, 5.41) is 11.6. The Bertz CT molecular complexity index is 1730. The molecule has 242 valence electrons. The summed E-state index contributed by atoms with van der Waals surface area (Å²) in [6.45, 7) is 3.44. The zero-order valence-electron chi connectivity index (χ0n) is 25.7. The van der Waals surface area contributed by atoms with Crippen LogP contribution in [0.25, 0.3) is 11.1 Å². The minimum Gasteiger partial charge on any atom is -0.480 e. The van der Waals surface area contributed by atoms with Gasteiger partial charge < -0.3 is 15.2 Å². The highest BCUT2D eigenvalue weighted by Gasteiger charge is 2.37. The minimum absolute atomic E-state index is 0.135. The molecule has 1 amide bonds. The third-order valence-corrected chi connectivity index (χ3v) is 10.6. The first-order valence-corrected chi connectivity index (χ1v) is 18.7. The van der Waals surface area contributed by atoms with Crippen molar-refractivity contribution in [2.45, 2.75) is 50.3 Å². The van der Waals surface area contributed by atoms with Gasteiger partial charge in [0.15, 0.2) is 9.84 Å². The van der Waals surface area contributed by atoms with Gasteiger partial charge in [0, 0.05) is 37.2 Å². The molecule has 3 aromatic rings. The smallest absolute Gasteiger partial charge is 0.326 e. The summed E-state index contributed by atoms with van der Waals surface area (Å²) in [7, 11) is -6.71. The van der Waals surface area contributed by atoms with Crippen LogP contribution in [0.2, 0.25) is 0 Å². The minimum atomic E-state index is -3.43. The van der Waals surface area contributed by atoms with E-state index in [0.29, 0.717) is 38.3 Å². The molecule has 1 aliphatic rings. The number of amides is 1. The monoisotopic (exact) mass is 656 g/mol. The molecule has 1 saturated heterocycles. The number of aryl methyl sites for hydroxylation is 1. The Hall–Kier alpha value is -3.58. The zero-order chi connectivity index (χ0) is 32.8. The molecule has 4 rings (SSSR count). The van der Waals surface area contributed by atoms with Crippen LogP contribution in [0.4, 0.5) is 0 Å². The van der Waals surface area contributed by atoms with Crippen molar-refractivity contribution in [3.63, 3.8) is 0 Å². The normalized spacial score (nSPS) is 18.0. The fraction of sp³-hybridized carbons (Fsp3) is 0.394. The van der Waals surface area contributed by atoms with Crippen molar-refractivity contribution in [2.75, 3.05) is 31.4 Å².